The summed E-state index contributed by atoms with van der Waals surface area (Å²) >= 11 is 0. The molecule has 0 aromatic rings. The van der Waals surface area contributed by atoms with Crippen LogP contribution in [-0.2, 0) is 9.47 Å². The molecular weight excluding hydrogens is 312 g/mol. The van der Waals surface area contributed by atoms with Gasteiger partial charge in [-0.05, 0) is 57.8 Å². The normalized spacial score (nSPS) is 18.5. The van der Waals surface area contributed by atoms with E-state index in [0.717, 1.165) is 32.5 Å². The van der Waals surface area contributed by atoms with Crippen LogP contribution in [0.3, 0.4) is 0 Å². The van der Waals surface area contributed by atoms with Gasteiger partial charge in [0.25, 0.3) is 0 Å². The third-order valence-electron chi connectivity index (χ3n) is 4.01. The SMILES string of the molecule is C[Si](C)(C)C#CCCCC/C=C\CCCCCOC1CCCCO1. The molecule has 0 amide bonds. The van der Waals surface area contributed by atoms with E-state index in [4.69, 9.17) is 9.47 Å². The molecule has 0 spiro atoms. The Morgan fingerprint density at radius 1 is 1.00 bits per heavy atom. The minimum atomic E-state index is -1.16. The lowest BCUT2D eigenvalue weighted by molar-refractivity contribution is -0.162. The summed E-state index contributed by atoms with van der Waals surface area (Å²) < 4.78 is 11.3. The fourth-order valence-electron chi connectivity index (χ4n) is 2.64. The Morgan fingerprint density at radius 2 is 1.75 bits per heavy atom. The second-order valence-corrected chi connectivity index (χ2v) is 12.5. The lowest BCUT2D eigenvalue weighted by atomic mass is 10.1. The van der Waals surface area contributed by atoms with Gasteiger partial charge in [0.2, 0.25) is 0 Å². The first-order valence-electron chi connectivity index (χ1n) is 9.96. The van der Waals surface area contributed by atoms with Crippen molar-refractivity contribution in [3.8, 4) is 11.5 Å². The number of ether oxygens (including phenoxy) is 2. The van der Waals surface area contributed by atoms with Crippen LogP contribution in [0.5, 0.6) is 0 Å². The van der Waals surface area contributed by atoms with Gasteiger partial charge in [-0.15, -0.1) is 11.5 Å². The number of rotatable bonds is 11. The number of unbranched alkanes of at least 4 members (excludes halogenated alkanes) is 6. The standard InChI is InChI=1S/C21H38O2Si/c1-24(2,3)20-16-12-10-8-6-4-5-7-9-11-14-18-22-21-17-13-15-19-23-21/h4-5,21H,6-15,17-19H2,1-3H3/b5-4-. The molecule has 1 aliphatic rings. The van der Waals surface area contributed by atoms with Crippen molar-refractivity contribution in [2.75, 3.05) is 13.2 Å². The first-order chi connectivity index (χ1) is 11.6. The minimum absolute atomic E-state index is 0.0778. The summed E-state index contributed by atoms with van der Waals surface area (Å²) in [6.07, 6.45) is 18.0. The minimum Gasteiger partial charge on any atom is -0.353 e. The van der Waals surface area contributed by atoms with E-state index in [2.05, 4.69) is 43.3 Å². The Hall–Kier alpha value is -0.563. The van der Waals surface area contributed by atoms with Gasteiger partial charge >= 0.3 is 0 Å². The summed E-state index contributed by atoms with van der Waals surface area (Å²) in [6, 6.07) is 0. The van der Waals surface area contributed by atoms with Gasteiger partial charge in [0.1, 0.15) is 8.07 Å². The van der Waals surface area contributed by atoms with Crippen LogP contribution in [0.15, 0.2) is 12.2 Å². The van der Waals surface area contributed by atoms with E-state index in [-0.39, 0.29) is 6.29 Å². The molecule has 1 rings (SSSR count). The fourth-order valence-corrected chi connectivity index (χ4v) is 3.29. The molecule has 1 atom stereocenters. The summed E-state index contributed by atoms with van der Waals surface area (Å²) in [5.74, 6) is 3.35. The van der Waals surface area contributed by atoms with E-state index in [1.165, 1.54) is 51.4 Å². The van der Waals surface area contributed by atoms with Crippen LogP contribution in [0.25, 0.3) is 0 Å². The quantitative estimate of drug-likeness (QED) is 0.194. The molecule has 3 heteroatoms. The number of hydrogen-bond donors (Lipinski definition) is 0. The van der Waals surface area contributed by atoms with Crippen LogP contribution in [0.1, 0.15) is 70.6 Å². The van der Waals surface area contributed by atoms with Gasteiger partial charge in [-0.3, -0.25) is 0 Å². The van der Waals surface area contributed by atoms with E-state index >= 15 is 0 Å². The van der Waals surface area contributed by atoms with Gasteiger partial charge in [-0.1, -0.05) is 38.2 Å². The van der Waals surface area contributed by atoms with Crippen molar-refractivity contribution in [3.05, 3.63) is 12.2 Å². The molecule has 0 saturated carbocycles. The molecular formula is C21H38O2Si. The Balaban J connectivity index is 1.82. The molecule has 0 aliphatic carbocycles. The predicted molar refractivity (Wildman–Crippen MR) is 107 cm³/mol. The van der Waals surface area contributed by atoms with Crippen LogP contribution in [0, 0.1) is 11.5 Å². The van der Waals surface area contributed by atoms with E-state index in [9.17, 15) is 0 Å². The zero-order valence-electron chi connectivity index (χ0n) is 16.2. The maximum absolute atomic E-state index is 5.75. The van der Waals surface area contributed by atoms with Crippen molar-refractivity contribution in [1.82, 2.24) is 0 Å². The van der Waals surface area contributed by atoms with Gasteiger partial charge in [-0.25, -0.2) is 0 Å². The molecule has 1 aliphatic heterocycles. The Kier molecular flexibility index (Phi) is 12.3. The highest BCUT2D eigenvalue weighted by atomic mass is 28.3. The average Bonchev–Trinajstić information content (AvgIpc) is 2.55. The molecule has 0 radical (unpaired) electrons. The summed E-state index contributed by atoms with van der Waals surface area (Å²) in [5, 5.41) is 0. The average molecular weight is 351 g/mol. The fraction of sp³-hybridized carbons (Fsp3) is 0.810. The zero-order chi connectivity index (χ0) is 17.5. The van der Waals surface area contributed by atoms with Crippen molar-refractivity contribution in [3.63, 3.8) is 0 Å². The second-order valence-electron chi connectivity index (χ2n) is 7.79. The molecule has 0 N–H and O–H groups in total. The first-order valence-corrected chi connectivity index (χ1v) is 13.5. The number of allylic oxidation sites excluding steroid dienone is 2. The molecule has 1 fully saturated rings. The molecule has 1 saturated heterocycles. The summed E-state index contributed by atoms with van der Waals surface area (Å²) in [6.45, 7) is 8.64. The first kappa shape index (κ1) is 21.5. The van der Waals surface area contributed by atoms with Crippen LogP contribution in [0.4, 0.5) is 0 Å². The molecule has 24 heavy (non-hydrogen) atoms. The highest BCUT2D eigenvalue weighted by Gasteiger charge is 2.13. The van der Waals surface area contributed by atoms with Gasteiger partial charge < -0.3 is 9.47 Å². The Labute approximate surface area is 151 Å². The lowest BCUT2D eigenvalue weighted by Crippen LogP contribution is -2.22. The van der Waals surface area contributed by atoms with Crippen LogP contribution >= 0.6 is 0 Å². The Morgan fingerprint density at radius 3 is 2.42 bits per heavy atom. The molecule has 1 heterocycles. The maximum Gasteiger partial charge on any atom is 0.157 e. The van der Waals surface area contributed by atoms with E-state index < -0.39 is 8.07 Å². The predicted octanol–water partition coefficient (Wildman–Crippen LogP) is 6.09. The van der Waals surface area contributed by atoms with Gasteiger partial charge in [0.05, 0.1) is 0 Å². The van der Waals surface area contributed by atoms with Crippen molar-refractivity contribution in [2.45, 2.75) is 96.6 Å². The Bertz CT molecular complexity index is 381. The van der Waals surface area contributed by atoms with E-state index in [1.54, 1.807) is 0 Å². The van der Waals surface area contributed by atoms with Crippen molar-refractivity contribution >= 4 is 8.07 Å². The second kappa shape index (κ2) is 13.7. The van der Waals surface area contributed by atoms with Crippen molar-refractivity contribution in [1.29, 1.82) is 0 Å². The van der Waals surface area contributed by atoms with Crippen molar-refractivity contribution in [2.24, 2.45) is 0 Å². The van der Waals surface area contributed by atoms with Gasteiger partial charge in [0, 0.05) is 19.6 Å². The van der Waals surface area contributed by atoms with Gasteiger partial charge in [-0.2, -0.15) is 0 Å². The lowest BCUT2D eigenvalue weighted by Gasteiger charge is -2.22. The summed E-state index contributed by atoms with van der Waals surface area (Å²) in [4.78, 5) is 0. The summed E-state index contributed by atoms with van der Waals surface area (Å²) in [7, 11) is -1.16. The third kappa shape index (κ3) is 13.8. The van der Waals surface area contributed by atoms with Crippen LogP contribution in [-0.4, -0.2) is 27.6 Å². The van der Waals surface area contributed by atoms with Crippen molar-refractivity contribution < 1.29 is 9.47 Å². The molecule has 0 bridgehead atoms. The molecule has 138 valence electrons. The topological polar surface area (TPSA) is 18.5 Å². The maximum atomic E-state index is 5.75. The molecule has 0 aromatic heterocycles. The highest BCUT2D eigenvalue weighted by Crippen LogP contribution is 2.14. The number of hydrogen-bond acceptors (Lipinski definition) is 2. The van der Waals surface area contributed by atoms with Crippen LogP contribution < -0.4 is 0 Å². The summed E-state index contributed by atoms with van der Waals surface area (Å²) in [5.41, 5.74) is 3.43. The zero-order valence-corrected chi connectivity index (χ0v) is 17.2. The van der Waals surface area contributed by atoms with E-state index in [1.807, 2.05) is 0 Å². The van der Waals surface area contributed by atoms with Crippen LogP contribution in [0.2, 0.25) is 19.6 Å². The largest absolute Gasteiger partial charge is 0.353 e. The van der Waals surface area contributed by atoms with Gasteiger partial charge in [0.15, 0.2) is 6.29 Å². The molecule has 0 aromatic carbocycles. The third-order valence-corrected chi connectivity index (χ3v) is 4.94. The highest BCUT2D eigenvalue weighted by molar-refractivity contribution is 6.83. The molecule has 2 nitrogen and oxygen atoms in total. The monoisotopic (exact) mass is 350 g/mol. The van der Waals surface area contributed by atoms with E-state index in [0.29, 0.717) is 0 Å². The smallest absolute Gasteiger partial charge is 0.157 e. The molecule has 1 unspecified atom stereocenters.